The Morgan fingerprint density at radius 2 is 2.00 bits per heavy atom. The maximum atomic E-state index is 11.7. The third kappa shape index (κ3) is 3.21. The predicted molar refractivity (Wildman–Crippen MR) is 90.7 cm³/mol. The van der Waals surface area contributed by atoms with Crippen molar-refractivity contribution in [2.24, 2.45) is 0 Å². The van der Waals surface area contributed by atoms with Crippen LogP contribution >= 0.6 is 22.9 Å². The molecule has 0 atom stereocenters. The number of benzene rings is 1. The maximum absolute atomic E-state index is 11.7. The second-order valence-corrected chi connectivity index (χ2v) is 6.81. The molecule has 0 saturated carbocycles. The van der Waals surface area contributed by atoms with Crippen molar-refractivity contribution in [1.29, 1.82) is 0 Å². The van der Waals surface area contributed by atoms with Crippen LogP contribution in [0.2, 0.25) is 5.02 Å². The first-order chi connectivity index (χ1) is 10.7. The van der Waals surface area contributed by atoms with Gasteiger partial charge in [0, 0.05) is 47.7 Å². The van der Waals surface area contributed by atoms with Crippen molar-refractivity contribution in [3.63, 3.8) is 0 Å². The van der Waals surface area contributed by atoms with Crippen molar-refractivity contribution >= 4 is 39.1 Å². The smallest absolute Gasteiger partial charge is 0.409 e. The summed E-state index contributed by atoms with van der Waals surface area (Å²) in [6.45, 7) is 6.22. The molecule has 4 nitrogen and oxygen atoms in total. The number of ether oxygens (including phenoxy) is 1. The SMILES string of the molecule is CCOC(=O)N1CCN(Cc2sc3ccccc3c2Cl)CC1. The molecule has 0 N–H and O–H groups in total. The number of fused-ring (bicyclic) bond motifs is 1. The fourth-order valence-electron chi connectivity index (χ4n) is 2.67. The van der Waals surface area contributed by atoms with Gasteiger partial charge in [-0.05, 0) is 13.0 Å². The van der Waals surface area contributed by atoms with Gasteiger partial charge in [-0.15, -0.1) is 11.3 Å². The average Bonchev–Trinajstić information content (AvgIpc) is 2.85. The summed E-state index contributed by atoms with van der Waals surface area (Å²) in [5, 5.41) is 2.00. The lowest BCUT2D eigenvalue weighted by molar-refractivity contribution is 0.0781. The van der Waals surface area contributed by atoms with Crippen molar-refractivity contribution in [2.45, 2.75) is 13.5 Å². The summed E-state index contributed by atoms with van der Waals surface area (Å²) < 4.78 is 6.27. The highest BCUT2D eigenvalue weighted by Gasteiger charge is 2.23. The van der Waals surface area contributed by atoms with Crippen LogP contribution in [0.3, 0.4) is 0 Å². The Bertz CT molecular complexity index is 665. The average molecular weight is 339 g/mol. The van der Waals surface area contributed by atoms with Crippen LogP contribution in [-0.2, 0) is 11.3 Å². The molecule has 2 aromatic rings. The molecule has 0 unspecified atom stereocenters. The number of piperazine rings is 1. The van der Waals surface area contributed by atoms with Crippen LogP contribution in [0.25, 0.3) is 10.1 Å². The van der Waals surface area contributed by atoms with Gasteiger partial charge in [-0.1, -0.05) is 29.8 Å². The zero-order chi connectivity index (χ0) is 15.5. The molecule has 6 heteroatoms. The fraction of sp³-hybridized carbons (Fsp3) is 0.438. The fourth-order valence-corrected chi connectivity index (χ4v) is 4.21. The van der Waals surface area contributed by atoms with Crippen molar-refractivity contribution in [3.05, 3.63) is 34.2 Å². The number of thiophene rings is 1. The number of halogens is 1. The topological polar surface area (TPSA) is 32.8 Å². The highest BCUT2D eigenvalue weighted by Crippen LogP contribution is 2.35. The molecular formula is C16H19ClN2O2S. The number of hydrogen-bond donors (Lipinski definition) is 0. The molecule has 0 radical (unpaired) electrons. The molecule has 1 aromatic heterocycles. The standard InChI is InChI=1S/C16H19ClN2O2S/c1-2-21-16(20)19-9-7-18(8-10-19)11-14-15(17)12-5-3-4-6-13(12)22-14/h3-6H,2,7-11H2,1H3. The Balaban J connectivity index is 1.62. The monoisotopic (exact) mass is 338 g/mol. The third-order valence-corrected chi connectivity index (χ3v) is 5.57. The molecule has 1 saturated heterocycles. The Morgan fingerprint density at radius 1 is 1.27 bits per heavy atom. The van der Waals surface area contributed by atoms with Gasteiger partial charge in [0.2, 0.25) is 0 Å². The summed E-state index contributed by atoms with van der Waals surface area (Å²) in [7, 11) is 0. The van der Waals surface area contributed by atoms with E-state index in [0.717, 1.165) is 30.0 Å². The van der Waals surface area contributed by atoms with Gasteiger partial charge in [0.15, 0.2) is 0 Å². The first kappa shape index (κ1) is 15.6. The van der Waals surface area contributed by atoms with Gasteiger partial charge >= 0.3 is 6.09 Å². The van der Waals surface area contributed by atoms with Crippen LogP contribution in [0.5, 0.6) is 0 Å². The van der Waals surface area contributed by atoms with Gasteiger partial charge in [0.05, 0.1) is 11.6 Å². The second kappa shape index (κ2) is 6.86. The lowest BCUT2D eigenvalue weighted by atomic mass is 10.2. The first-order valence-corrected chi connectivity index (χ1v) is 8.68. The molecule has 2 heterocycles. The molecule has 1 fully saturated rings. The molecule has 1 amide bonds. The normalized spacial score (nSPS) is 16.2. The summed E-state index contributed by atoms with van der Waals surface area (Å²) >= 11 is 8.25. The van der Waals surface area contributed by atoms with Gasteiger partial charge in [-0.2, -0.15) is 0 Å². The molecule has 1 aromatic carbocycles. The van der Waals surface area contributed by atoms with Crippen LogP contribution in [-0.4, -0.2) is 48.7 Å². The zero-order valence-corrected chi connectivity index (χ0v) is 14.1. The van der Waals surface area contributed by atoms with Crippen LogP contribution in [0, 0.1) is 0 Å². The minimum absolute atomic E-state index is 0.206. The van der Waals surface area contributed by atoms with Crippen molar-refractivity contribution in [3.8, 4) is 0 Å². The van der Waals surface area contributed by atoms with Gasteiger partial charge in [0.25, 0.3) is 0 Å². The van der Waals surface area contributed by atoms with E-state index in [0.29, 0.717) is 19.7 Å². The van der Waals surface area contributed by atoms with E-state index in [1.54, 1.807) is 16.2 Å². The highest BCUT2D eigenvalue weighted by atomic mass is 35.5. The second-order valence-electron chi connectivity index (χ2n) is 5.30. The maximum Gasteiger partial charge on any atom is 0.409 e. The number of nitrogens with zero attached hydrogens (tertiary/aromatic N) is 2. The largest absolute Gasteiger partial charge is 0.450 e. The van der Waals surface area contributed by atoms with Gasteiger partial charge < -0.3 is 9.64 Å². The number of amides is 1. The molecule has 3 rings (SSSR count). The Hall–Kier alpha value is -1.30. The Kier molecular flexibility index (Phi) is 4.86. The van der Waals surface area contributed by atoms with Gasteiger partial charge in [-0.3, -0.25) is 4.90 Å². The molecule has 1 aliphatic heterocycles. The van der Waals surface area contributed by atoms with Crippen LogP contribution in [0.4, 0.5) is 4.79 Å². The van der Waals surface area contributed by atoms with E-state index >= 15 is 0 Å². The van der Waals surface area contributed by atoms with Crippen LogP contribution in [0.15, 0.2) is 24.3 Å². The van der Waals surface area contributed by atoms with Crippen LogP contribution in [0.1, 0.15) is 11.8 Å². The zero-order valence-electron chi connectivity index (χ0n) is 12.5. The summed E-state index contributed by atoms with van der Waals surface area (Å²) in [6, 6.07) is 8.23. The van der Waals surface area contributed by atoms with Crippen LogP contribution < -0.4 is 0 Å². The molecule has 118 valence electrons. The molecule has 1 aliphatic rings. The molecular weight excluding hydrogens is 320 g/mol. The predicted octanol–water partition coefficient (Wildman–Crippen LogP) is 3.83. The Morgan fingerprint density at radius 3 is 2.68 bits per heavy atom. The van der Waals surface area contributed by atoms with Crippen molar-refractivity contribution < 1.29 is 9.53 Å². The van der Waals surface area contributed by atoms with E-state index in [2.05, 4.69) is 17.0 Å². The number of hydrogen-bond acceptors (Lipinski definition) is 4. The quantitative estimate of drug-likeness (QED) is 0.852. The molecule has 0 spiro atoms. The van der Waals surface area contributed by atoms with E-state index in [4.69, 9.17) is 16.3 Å². The summed E-state index contributed by atoms with van der Waals surface area (Å²) in [5.41, 5.74) is 0. The molecule has 22 heavy (non-hydrogen) atoms. The first-order valence-electron chi connectivity index (χ1n) is 7.49. The van der Waals surface area contributed by atoms with E-state index in [-0.39, 0.29) is 6.09 Å². The lowest BCUT2D eigenvalue weighted by Crippen LogP contribution is -2.48. The van der Waals surface area contributed by atoms with E-state index in [1.807, 2.05) is 19.1 Å². The van der Waals surface area contributed by atoms with Crippen molar-refractivity contribution in [2.75, 3.05) is 32.8 Å². The molecule has 0 aliphatic carbocycles. The number of rotatable bonds is 3. The van der Waals surface area contributed by atoms with E-state index in [1.165, 1.54) is 9.58 Å². The summed E-state index contributed by atoms with van der Waals surface area (Å²) in [6.07, 6.45) is -0.206. The Labute approximate surface area is 139 Å². The van der Waals surface area contributed by atoms with E-state index < -0.39 is 0 Å². The lowest BCUT2D eigenvalue weighted by Gasteiger charge is -2.33. The number of carbonyl (C=O) groups excluding carboxylic acids is 1. The molecule has 0 bridgehead atoms. The van der Waals surface area contributed by atoms with Gasteiger partial charge in [-0.25, -0.2) is 4.79 Å². The minimum atomic E-state index is -0.206. The summed E-state index contributed by atoms with van der Waals surface area (Å²) in [5.74, 6) is 0. The summed E-state index contributed by atoms with van der Waals surface area (Å²) in [4.78, 5) is 17.0. The highest BCUT2D eigenvalue weighted by molar-refractivity contribution is 7.19. The third-order valence-electron chi connectivity index (χ3n) is 3.87. The minimum Gasteiger partial charge on any atom is -0.450 e. The van der Waals surface area contributed by atoms with Crippen molar-refractivity contribution in [1.82, 2.24) is 9.80 Å². The van der Waals surface area contributed by atoms with E-state index in [9.17, 15) is 4.79 Å². The van der Waals surface area contributed by atoms with Gasteiger partial charge in [0.1, 0.15) is 0 Å². The number of carbonyl (C=O) groups is 1.